The van der Waals surface area contributed by atoms with Gasteiger partial charge < -0.3 is 9.47 Å². The van der Waals surface area contributed by atoms with Crippen LogP contribution in [0, 0.1) is 11.3 Å². The van der Waals surface area contributed by atoms with Crippen molar-refractivity contribution in [3.8, 4) is 23.4 Å². The standard InChI is InChI=1S/C16H12ClF3N2O2/c17-14-8-11(16(18,19)20)10-22-15(14)24-13-5-3-4-12(9-13)23-7-2-1-6-21/h3-5,8-10H,1-2,7H2. The number of nitrogens with zero attached hydrogens (tertiary/aromatic N) is 2. The van der Waals surface area contributed by atoms with Crippen LogP contribution in [-0.2, 0) is 6.18 Å². The van der Waals surface area contributed by atoms with E-state index in [1.54, 1.807) is 24.3 Å². The van der Waals surface area contributed by atoms with Gasteiger partial charge >= 0.3 is 6.18 Å². The van der Waals surface area contributed by atoms with E-state index in [1.807, 2.05) is 6.07 Å². The summed E-state index contributed by atoms with van der Waals surface area (Å²) in [5.41, 5.74) is -0.950. The molecule has 0 fully saturated rings. The van der Waals surface area contributed by atoms with Crippen LogP contribution in [0.3, 0.4) is 0 Å². The van der Waals surface area contributed by atoms with E-state index in [0.29, 0.717) is 37.1 Å². The summed E-state index contributed by atoms with van der Waals surface area (Å²) >= 11 is 5.79. The van der Waals surface area contributed by atoms with Gasteiger partial charge in [0.25, 0.3) is 0 Å². The largest absolute Gasteiger partial charge is 0.493 e. The number of halogens is 4. The van der Waals surface area contributed by atoms with Crippen molar-refractivity contribution in [3.05, 3.63) is 47.1 Å². The maximum absolute atomic E-state index is 12.6. The predicted octanol–water partition coefficient (Wildman–Crippen LogP) is 5.23. The molecule has 1 aromatic heterocycles. The lowest BCUT2D eigenvalue weighted by Crippen LogP contribution is -2.05. The second kappa shape index (κ2) is 7.88. The lowest BCUT2D eigenvalue weighted by atomic mass is 10.3. The van der Waals surface area contributed by atoms with Gasteiger partial charge in [-0.05, 0) is 24.6 Å². The molecular weight excluding hydrogens is 345 g/mol. The second-order valence-corrected chi connectivity index (χ2v) is 5.10. The second-order valence-electron chi connectivity index (χ2n) is 4.70. The van der Waals surface area contributed by atoms with Gasteiger partial charge in [0.1, 0.15) is 16.5 Å². The number of hydrogen-bond donors (Lipinski definition) is 0. The summed E-state index contributed by atoms with van der Waals surface area (Å²) in [5.74, 6) is 0.696. The zero-order valence-electron chi connectivity index (χ0n) is 12.3. The van der Waals surface area contributed by atoms with Crippen LogP contribution in [0.2, 0.25) is 5.02 Å². The van der Waals surface area contributed by atoms with Crippen LogP contribution < -0.4 is 9.47 Å². The molecule has 0 saturated heterocycles. The highest BCUT2D eigenvalue weighted by Crippen LogP contribution is 2.35. The fourth-order valence-electron chi connectivity index (χ4n) is 1.74. The van der Waals surface area contributed by atoms with Crippen LogP contribution in [0.1, 0.15) is 18.4 Å². The molecule has 0 aliphatic rings. The maximum atomic E-state index is 12.6. The van der Waals surface area contributed by atoms with Crippen molar-refractivity contribution in [1.82, 2.24) is 4.98 Å². The molecule has 0 spiro atoms. The Labute approximate surface area is 141 Å². The van der Waals surface area contributed by atoms with E-state index in [1.165, 1.54) is 0 Å². The van der Waals surface area contributed by atoms with Crippen molar-refractivity contribution < 1.29 is 22.6 Å². The first kappa shape index (κ1) is 17.9. The SMILES string of the molecule is N#CCCCOc1cccc(Oc2ncc(C(F)(F)F)cc2Cl)c1. The summed E-state index contributed by atoms with van der Waals surface area (Å²) in [6.07, 6.45) is -2.88. The molecule has 1 aromatic carbocycles. The average molecular weight is 357 g/mol. The molecule has 0 aliphatic carbocycles. The van der Waals surface area contributed by atoms with Crippen molar-refractivity contribution in [3.63, 3.8) is 0 Å². The lowest BCUT2D eigenvalue weighted by Gasteiger charge is -2.11. The van der Waals surface area contributed by atoms with Gasteiger partial charge in [-0.25, -0.2) is 4.98 Å². The zero-order chi connectivity index (χ0) is 17.6. The summed E-state index contributed by atoms with van der Waals surface area (Å²) < 4.78 is 48.6. The molecule has 4 nitrogen and oxygen atoms in total. The Hall–Kier alpha value is -2.46. The molecule has 0 amide bonds. The van der Waals surface area contributed by atoms with E-state index in [2.05, 4.69) is 4.98 Å². The molecule has 0 aliphatic heterocycles. The maximum Gasteiger partial charge on any atom is 0.417 e. The van der Waals surface area contributed by atoms with Gasteiger partial charge in [-0.1, -0.05) is 17.7 Å². The number of nitriles is 1. The van der Waals surface area contributed by atoms with E-state index in [-0.39, 0.29) is 10.9 Å². The molecule has 0 saturated carbocycles. The number of hydrogen-bond acceptors (Lipinski definition) is 4. The molecule has 2 aromatic rings. The normalized spacial score (nSPS) is 11.0. The molecule has 126 valence electrons. The topological polar surface area (TPSA) is 55.1 Å². The van der Waals surface area contributed by atoms with E-state index in [9.17, 15) is 13.2 Å². The van der Waals surface area contributed by atoms with Crippen LogP contribution in [0.25, 0.3) is 0 Å². The molecule has 0 N–H and O–H groups in total. The fourth-order valence-corrected chi connectivity index (χ4v) is 1.94. The van der Waals surface area contributed by atoms with Crippen LogP contribution in [-0.4, -0.2) is 11.6 Å². The molecule has 8 heteroatoms. The smallest absolute Gasteiger partial charge is 0.417 e. The van der Waals surface area contributed by atoms with Crippen LogP contribution in [0.5, 0.6) is 17.4 Å². The van der Waals surface area contributed by atoms with Gasteiger partial charge in [-0.3, -0.25) is 0 Å². The zero-order valence-corrected chi connectivity index (χ0v) is 13.1. The molecule has 0 unspecified atom stereocenters. The molecule has 0 bridgehead atoms. The third-order valence-electron chi connectivity index (χ3n) is 2.86. The molecule has 2 rings (SSSR count). The third-order valence-corrected chi connectivity index (χ3v) is 3.13. The van der Waals surface area contributed by atoms with E-state index < -0.39 is 11.7 Å². The summed E-state index contributed by atoms with van der Waals surface area (Å²) in [6, 6.07) is 9.28. The van der Waals surface area contributed by atoms with Crippen LogP contribution >= 0.6 is 11.6 Å². The minimum Gasteiger partial charge on any atom is -0.493 e. The fraction of sp³-hybridized carbons (Fsp3) is 0.250. The van der Waals surface area contributed by atoms with E-state index in [4.69, 9.17) is 26.3 Å². The van der Waals surface area contributed by atoms with Gasteiger partial charge in [0, 0.05) is 18.7 Å². The minimum absolute atomic E-state index is 0.133. The van der Waals surface area contributed by atoms with Gasteiger partial charge in [0.05, 0.1) is 18.2 Å². The van der Waals surface area contributed by atoms with Gasteiger partial charge in [-0.2, -0.15) is 18.4 Å². The molecule has 0 atom stereocenters. The number of aromatic nitrogens is 1. The first-order valence-electron chi connectivity index (χ1n) is 6.90. The quantitative estimate of drug-likeness (QED) is 0.665. The first-order valence-corrected chi connectivity index (χ1v) is 7.28. The Morgan fingerprint density at radius 1 is 1.21 bits per heavy atom. The van der Waals surface area contributed by atoms with E-state index >= 15 is 0 Å². The molecule has 24 heavy (non-hydrogen) atoms. The predicted molar refractivity (Wildman–Crippen MR) is 81.1 cm³/mol. The minimum atomic E-state index is -4.52. The van der Waals surface area contributed by atoms with Crippen LogP contribution in [0.4, 0.5) is 13.2 Å². The number of pyridine rings is 1. The Kier molecular flexibility index (Phi) is 5.88. The average Bonchev–Trinajstić information content (AvgIpc) is 2.53. The number of benzene rings is 1. The van der Waals surface area contributed by atoms with Crippen molar-refractivity contribution in [2.45, 2.75) is 19.0 Å². The molecular formula is C16H12ClF3N2O2. The first-order chi connectivity index (χ1) is 11.4. The van der Waals surface area contributed by atoms with Crippen molar-refractivity contribution in [1.29, 1.82) is 5.26 Å². The Morgan fingerprint density at radius 3 is 2.62 bits per heavy atom. The highest BCUT2D eigenvalue weighted by atomic mass is 35.5. The molecule has 0 radical (unpaired) electrons. The molecule has 1 heterocycles. The lowest BCUT2D eigenvalue weighted by molar-refractivity contribution is -0.137. The Bertz CT molecular complexity index is 745. The summed E-state index contributed by atoms with van der Waals surface area (Å²) in [6.45, 7) is 0.371. The summed E-state index contributed by atoms with van der Waals surface area (Å²) in [7, 11) is 0. The number of ether oxygens (including phenoxy) is 2. The summed E-state index contributed by atoms with van der Waals surface area (Å²) in [4.78, 5) is 3.61. The highest BCUT2D eigenvalue weighted by Gasteiger charge is 2.31. The van der Waals surface area contributed by atoms with Gasteiger partial charge in [0.15, 0.2) is 0 Å². The van der Waals surface area contributed by atoms with Crippen LogP contribution in [0.15, 0.2) is 36.5 Å². The monoisotopic (exact) mass is 356 g/mol. The van der Waals surface area contributed by atoms with Crippen molar-refractivity contribution >= 4 is 11.6 Å². The third kappa shape index (κ3) is 5.03. The highest BCUT2D eigenvalue weighted by molar-refractivity contribution is 6.31. The van der Waals surface area contributed by atoms with E-state index in [0.717, 1.165) is 6.07 Å². The van der Waals surface area contributed by atoms with Gasteiger partial charge in [-0.15, -0.1) is 0 Å². The van der Waals surface area contributed by atoms with Crippen molar-refractivity contribution in [2.24, 2.45) is 0 Å². The number of unbranched alkanes of at least 4 members (excludes halogenated alkanes) is 1. The summed E-state index contributed by atoms with van der Waals surface area (Å²) in [5, 5.41) is 8.21. The van der Waals surface area contributed by atoms with Gasteiger partial charge in [0.2, 0.25) is 5.88 Å². The number of alkyl halides is 3. The van der Waals surface area contributed by atoms with Crippen molar-refractivity contribution in [2.75, 3.05) is 6.61 Å². The number of rotatable bonds is 6. The Balaban J connectivity index is 2.07. The Morgan fingerprint density at radius 2 is 1.96 bits per heavy atom.